The summed E-state index contributed by atoms with van der Waals surface area (Å²) in [6.45, 7) is 1.58. The largest absolute Gasteiger partial charge is 0.323 e. The lowest BCUT2D eigenvalue weighted by Gasteiger charge is -2.03. The zero-order valence-electron chi connectivity index (χ0n) is 5.40. The molecular weight excluding hydrogens is 138 g/mol. The summed E-state index contributed by atoms with van der Waals surface area (Å²) < 4.78 is 30.0. The molecule has 2 rings (SSSR count). The SMILES string of the molecule is CC12C=CC(F)=CC1(F)O2. The van der Waals surface area contributed by atoms with E-state index in [0.29, 0.717) is 0 Å². The van der Waals surface area contributed by atoms with Gasteiger partial charge < -0.3 is 4.74 Å². The molecule has 1 saturated heterocycles. The van der Waals surface area contributed by atoms with E-state index in [2.05, 4.69) is 4.74 Å². The van der Waals surface area contributed by atoms with Crippen LogP contribution in [0.1, 0.15) is 6.92 Å². The van der Waals surface area contributed by atoms with E-state index < -0.39 is 17.3 Å². The molecule has 0 aromatic heterocycles. The first kappa shape index (κ1) is 6.04. The second-order valence-electron chi connectivity index (χ2n) is 2.72. The van der Waals surface area contributed by atoms with E-state index in [1.807, 2.05) is 0 Å². The van der Waals surface area contributed by atoms with Gasteiger partial charge in [0.25, 0.3) is 5.85 Å². The van der Waals surface area contributed by atoms with Gasteiger partial charge in [-0.05, 0) is 19.1 Å². The van der Waals surface area contributed by atoms with Crippen molar-refractivity contribution in [1.82, 2.24) is 0 Å². The first-order valence-electron chi connectivity index (χ1n) is 3.02. The van der Waals surface area contributed by atoms with E-state index in [4.69, 9.17) is 0 Å². The highest BCUT2D eigenvalue weighted by Crippen LogP contribution is 2.53. The fourth-order valence-corrected chi connectivity index (χ4v) is 1.07. The Balaban J connectivity index is 2.40. The van der Waals surface area contributed by atoms with Crippen molar-refractivity contribution < 1.29 is 13.5 Å². The van der Waals surface area contributed by atoms with Crippen LogP contribution in [0.25, 0.3) is 0 Å². The number of hydrogen-bond acceptors (Lipinski definition) is 1. The molecule has 1 heterocycles. The average Bonchev–Trinajstić information content (AvgIpc) is 2.33. The van der Waals surface area contributed by atoms with Crippen LogP contribution >= 0.6 is 0 Å². The Morgan fingerprint density at radius 3 is 2.80 bits per heavy atom. The van der Waals surface area contributed by atoms with Gasteiger partial charge >= 0.3 is 0 Å². The maximum atomic E-state index is 13.0. The van der Waals surface area contributed by atoms with Crippen LogP contribution in [0, 0.1) is 0 Å². The van der Waals surface area contributed by atoms with Crippen molar-refractivity contribution >= 4 is 0 Å². The Hall–Kier alpha value is -0.700. The molecule has 3 heteroatoms. The molecule has 0 bridgehead atoms. The molecule has 0 radical (unpaired) electrons. The minimum atomic E-state index is -1.87. The summed E-state index contributed by atoms with van der Waals surface area (Å²) in [4.78, 5) is 0. The summed E-state index contributed by atoms with van der Waals surface area (Å²) in [5, 5.41) is 0. The molecule has 0 saturated carbocycles. The van der Waals surface area contributed by atoms with Gasteiger partial charge in [0.1, 0.15) is 5.83 Å². The van der Waals surface area contributed by atoms with Crippen LogP contribution in [0.4, 0.5) is 8.78 Å². The van der Waals surface area contributed by atoms with Crippen molar-refractivity contribution in [3.8, 4) is 0 Å². The summed E-state index contributed by atoms with van der Waals surface area (Å²) in [5.74, 6) is -2.44. The molecule has 2 unspecified atom stereocenters. The average molecular weight is 144 g/mol. The Kier molecular flexibility index (Phi) is 0.798. The molecule has 2 atom stereocenters. The summed E-state index contributed by atoms with van der Waals surface area (Å²) in [5.41, 5.74) is -0.900. The molecule has 2 aliphatic rings. The topological polar surface area (TPSA) is 12.5 Å². The van der Waals surface area contributed by atoms with Crippen molar-refractivity contribution in [3.63, 3.8) is 0 Å². The Labute approximate surface area is 57.0 Å². The van der Waals surface area contributed by atoms with Crippen LogP contribution < -0.4 is 0 Å². The van der Waals surface area contributed by atoms with Crippen molar-refractivity contribution in [1.29, 1.82) is 0 Å². The van der Waals surface area contributed by atoms with Gasteiger partial charge in [0.15, 0.2) is 5.60 Å². The summed E-state index contributed by atoms with van der Waals surface area (Å²) in [6, 6.07) is 0. The van der Waals surface area contributed by atoms with E-state index in [1.165, 1.54) is 12.2 Å². The van der Waals surface area contributed by atoms with Crippen LogP contribution in [0.2, 0.25) is 0 Å². The van der Waals surface area contributed by atoms with E-state index in [9.17, 15) is 8.78 Å². The predicted octanol–water partition coefficient (Wildman–Crippen LogP) is 1.86. The zero-order valence-corrected chi connectivity index (χ0v) is 5.40. The second kappa shape index (κ2) is 1.32. The van der Waals surface area contributed by atoms with Crippen molar-refractivity contribution in [2.24, 2.45) is 0 Å². The van der Waals surface area contributed by atoms with Crippen molar-refractivity contribution in [3.05, 3.63) is 24.1 Å². The van der Waals surface area contributed by atoms with Crippen LogP contribution in [-0.4, -0.2) is 11.5 Å². The minimum absolute atomic E-state index is 0.572. The monoisotopic (exact) mass is 144 g/mol. The van der Waals surface area contributed by atoms with Gasteiger partial charge in [-0.15, -0.1) is 0 Å². The standard InChI is InChI=1S/C7H6F2O/c1-6-3-2-5(8)4-7(6,9)10-6/h2-4H,1H3. The first-order valence-corrected chi connectivity index (χ1v) is 3.02. The zero-order chi connectivity index (χ0) is 7.41. The molecule has 1 nitrogen and oxygen atoms in total. The lowest BCUT2D eigenvalue weighted by Crippen LogP contribution is -2.15. The third-order valence-electron chi connectivity index (χ3n) is 1.88. The molecule has 0 amide bonds. The fourth-order valence-electron chi connectivity index (χ4n) is 1.07. The Morgan fingerprint density at radius 2 is 2.30 bits per heavy atom. The smallest absolute Gasteiger partial charge is 0.265 e. The van der Waals surface area contributed by atoms with E-state index >= 15 is 0 Å². The summed E-state index contributed by atoms with van der Waals surface area (Å²) in [7, 11) is 0. The van der Waals surface area contributed by atoms with Crippen LogP contribution in [0.15, 0.2) is 24.1 Å². The van der Waals surface area contributed by atoms with Gasteiger partial charge in [-0.1, -0.05) is 0 Å². The van der Waals surface area contributed by atoms with Crippen molar-refractivity contribution in [2.75, 3.05) is 0 Å². The molecule has 0 aromatic rings. The van der Waals surface area contributed by atoms with Crippen LogP contribution in [-0.2, 0) is 4.74 Å². The molecule has 10 heavy (non-hydrogen) atoms. The number of hydrogen-bond donors (Lipinski definition) is 0. The maximum Gasteiger partial charge on any atom is 0.265 e. The lowest BCUT2D eigenvalue weighted by atomic mass is 10.0. The number of rotatable bonds is 0. The second-order valence-corrected chi connectivity index (χ2v) is 2.72. The molecule has 0 spiro atoms. The molecular formula is C7H6F2O. The molecule has 54 valence electrons. The van der Waals surface area contributed by atoms with E-state index in [0.717, 1.165) is 6.08 Å². The van der Waals surface area contributed by atoms with Gasteiger partial charge in [0, 0.05) is 6.08 Å². The highest BCUT2D eigenvalue weighted by molar-refractivity contribution is 5.36. The summed E-state index contributed by atoms with van der Waals surface area (Å²) >= 11 is 0. The van der Waals surface area contributed by atoms with Crippen LogP contribution in [0.3, 0.4) is 0 Å². The number of halogens is 2. The highest BCUT2D eigenvalue weighted by Gasteiger charge is 2.67. The van der Waals surface area contributed by atoms with Gasteiger partial charge in [0.05, 0.1) is 0 Å². The normalized spacial score (nSPS) is 50.1. The molecule has 1 aliphatic carbocycles. The number of fused-ring (bicyclic) bond motifs is 1. The number of ether oxygens (including phenoxy) is 1. The quantitative estimate of drug-likeness (QED) is 0.473. The molecule has 1 aliphatic heterocycles. The van der Waals surface area contributed by atoms with Gasteiger partial charge in [-0.3, -0.25) is 0 Å². The Bertz CT molecular complexity index is 246. The van der Waals surface area contributed by atoms with E-state index in [1.54, 1.807) is 6.92 Å². The minimum Gasteiger partial charge on any atom is -0.323 e. The summed E-state index contributed by atoms with van der Waals surface area (Å²) in [6.07, 6.45) is 3.46. The Morgan fingerprint density at radius 1 is 1.60 bits per heavy atom. The van der Waals surface area contributed by atoms with Gasteiger partial charge in [-0.25, -0.2) is 8.78 Å². The maximum absolute atomic E-state index is 13.0. The third-order valence-corrected chi connectivity index (χ3v) is 1.88. The van der Waals surface area contributed by atoms with Gasteiger partial charge in [0.2, 0.25) is 0 Å². The molecule has 0 aromatic carbocycles. The van der Waals surface area contributed by atoms with E-state index in [-0.39, 0.29) is 0 Å². The first-order chi connectivity index (χ1) is 4.56. The number of allylic oxidation sites excluding steroid dienone is 2. The predicted molar refractivity (Wildman–Crippen MR) is 31.7 cm³/mol. The molecule has 0 N–H and O–H groups in total. The number of epoxide rings is 1. The third kappa shape index (κ3) is 0.534. The van der Waals surface area contributed by atoms with Crippen LogP contribution in [0.5, 0.6) is 0 Å². The van der Waals surface area contributed by atoms with Gasteiger partial charge in [-0.2, -0.15) is 0 Å². The number of alkyl halides is 1. The fraction of sp³-hybridized carbons (Fsp3) is 0.429. The molecule has 1 fully saturated rings. The van der Waals surface area contributed by atoms with Crippen molar-refractivity contribution in [2.45, 2.75) is 18.4 Å². The highest BCUT2D eigenvalue weighted by atomic mass is 19.2. The lowest BCUT2D eigenvalue weighted by molar-refractivity contribution is 0.189.